The molecular weight excluding hydrogens is 400 g/mol. The highest BCUT2D eigenvalue weighted by atomic mass is 16.5. The number of alkyl carbamates (subject to hydrolysis) is 1. The Morgan fingerprint density at radius 2 is 1.97 bits per heavy atom. The minimum atomic E-state index is -0.411. The molecule has 2 aliphatic heterocycles. The van der Waals surface area contributed by atoms with E-state index in [1.165, 1.54) is 0 Å². The van der Waals surface area contributed by atoms with Gasteiger partial charge in [-0.15, -0.1) is 0 Å². The molecule has 1 saturated heterocycles. The first kappa shape index (κ1) is 19.9. The number of cyclic esters (lactones) is 1. The Kier molecular flexibility index (Phi) is 5.75. The van der Waals surface area contributed by atoms with Gasteiger partial charge in [0.1, 0.15) is 11.4 Å². The zero-order valence-corrected chi connectivity index (χ0v) is 17.3. The lowest BCUT2D eigenvalue weighted by Gasteiger charge is -2.23. The second-order valence-electron chi connectivity index (χ2n) is 7.84. The van der Waals surface area contributed by atoms with Gasteiger partial charge in [-0.05, 0) is 56.7 Å². The number of rotatable bonds is 1. The molecule has 4 bridgehead atoms. The van der Waals surface area contributed by atoms with Crippen LogP contribution in [-0.2, 0) is 15.9 Å². The fourth-order valence-electron chi connectivity index (χ4n) is 3.99. The van der Waals surface area contributed by atoms with Crippen molar-refractivity contribution < 1.29 is 23.5 Å². The molecule has 164 valence electrons. The van der Waals surface area contributed by atoms with E-state index in [1.54, 1.807) is 0 Å². The third kappa shape index (κ3) is 4.36. The van der Waals surface area contributed by atoms with Crippen LogP contribution in [0.25, 0.3) is 22.4 Å². The molecule has 5 rings (SSSR count). The molecule has 1 N–H and O–H groups in total. The predicted molar refractivity (Wildman–Crippen MR) is 112 cm³/mol. The van der Waals surface area contributed by atoms with Crippen LogP contribution in [0.15, 0.2) is 28.8 Å². The van der Waals surface area contributed by atoms with Gasteiger partial charge in [-0.25, -0.2) is 9.48 Å². The van der Waals surface area contributed by atoms with Gasteiger partial charge in [0.25, 0.3) is 0 Å². The first-order valence-corrected chi connectivity index (χ1v) is 10.9. The summed E-state index contributed by atoms with van der Waals surface area (Å²) < 4.78 is 24.7. The smallest absolute Gasteiger partial charge is 0.407 e. The molecular formula is C22H26N4O5. The van der Waals surface area contributed by atoms with Gasteiger partial charge < -0.3 is 24.1 Å². The van der Waals surface area contributed by atoms with Crippen molar-refractivity contribution in [3.63, 3.8) is 0 Å². The number of amides is 1. The molecule has 4 heterocycles. The van der Waals surface area contributed by atoms with Crippen molar-refractivity contribution in [2.75, 3.05) is 26.4 Å². The lowest BCUT2D eigenvalue weighted by Crippen LogP contribution is -2.26. The largest absolute Gasteiger partial charge is 0.494 e. The highest BCUT2D eigenvalue weighted by Gasteiger charge is 2.24. The quantitative estimate of drug-likeness (QED) is 0.631. The number of nitrogens with one attached hydrogen (secondary N) is 1. The number of benzene rings is 1. The van der Waals surface area contributed by atoms with E-state index in [0.717, 1.165) is 53.9 Å². The number of fused-ring (bicyclic) bond motifs is 4. The number of hydrogen-bond donors (Lipinski definition) is 1. The van der Waals surface area contributed by atoms with Crippen LogP contribution in [0.3, 0.4) is 0 Å². The third-order valence-corrected chi connectivity index (χ3v) is 5.57. The summed E-state index contributed by atoms with van der Waals surface area (Å²) in [4.78, 5) is 11.7. The predicted octanol–water partition coefficient (Wildman–Crippen LogP) is 3.83. The van der Waals surface area contributed by atoms with Gasteiger partial charge in [0.2, 0.25) is 0 Å². The van der Waals surface area contributed by atoms with E-state index < -0.39 is 6.09 Å². The number of aryl methyl sites for hydroxylation is 1. The standard InChI is InChI=1S/C22H26N4O5/c27-22-23-9-4-12-28-16-7-8-18-17(14-16)21(24-26(18)20-6-1-2-10-29-20)19-13-15(25-31-19)5-3-11-30-22/h7-8,13-14,20H,1-6,9-12H2,(H,23,27). The highest BCUT2D eigenvalue weighted by molar-refractivity contribution is 5.93. The average molecular weight is 426 g/mol. The Morgan fingerprint density at radius 3 is 2.87 bits per heavy atom. The van der Waals surface area contributed by atoms with Gasteiger partial charge in [0, 0.05) is 24.6 Å². The van der Waals surface area contributed by atoms with Crippen molar-refractivity contribution in [1.82, 2.24) is 20.3 Å². The molecule has 1 aromatic carbocycles. The van der Waals surface area contributed by atoms with Gasteiger partial charge in [-0.3, -0.25) is 0 Å². The Bertz CT molecular complexity index is 1050. The molecule has 31 heavy (non-hydrogen) atoms. The average Bonchev–Trinajstić information content (AvgIpc) is 3.41. The van der Waals surface area contributed by atoms with Crippen LogP contribution in [0, 0.1) is 0 Å². The van der Waals surface area contributed by atoms with Crippen molar-refractivity contribution in [2.24, 2.45) is 0 Å². The van der Waals surface area contributed by atoms with E-state index in [-0.39, 0.29) is 6.23 Å². The number of carbonyl (C=O) groups excluding carboxylic acids is 1. The van der Waals surface area contributed by atoms with Crippen molar-refractivity contribution >= 4 is 17.0 Å². The van der Waals surface area contributed by atoms with E-state index in [1.807, 2.05) is 28.9 Å². The molecule has 0 spiro atoms. The summed E-state index contributed by atoms with van der Waals surface area (Å²) in [5.41, 5.74) is 2.50. The molecule has 0 radical (unpaired) electrons. The zero-order valence-electron chi connectivity index (χ0n) is 17.3. The summed E-state index contributed by atoms with van der Waals surface area (Å²) >= 11 is 0. The van der Waals surface area contributed by atoms with Crippen LogP contribution in [0.5, 0.6) is 5.75 Å². The summed E-state index contributed by atoms with van der Waals surface area (Å²) in [6.07, 6.45) is 4.63. The molecule has 1 unspecified atom stereocenters. The summed E-state index contributed by atoms with van der Waals surface area (Å²) in [6, 6.07) is 7.84. The maximum atomic E-state index is 11.7. The SMILES string of the molecule is O=C1NCCCOc2ccc3c(c2)c(nn3C2CCCCO2)-c2cc(no2)CCCO1. The number of aromatic nitrogens is 3. The zero-order chi connectivity index (χ0) is 21.0. The molecule has 1 atom stereocenters. The highest BCUT2D eigenvalue weighted by Crippen LogP contribution is 2.35. The van der Waals surface area contributed by atoms with Crippen molar-refractivity contribution in [1.29, 1.82) is 0 Å². The molecule has 0 saturated carbocycles. The first-order chi connectivity index (χ1) is 15.3. The van der Waals surface area contributed by atoms with E-state index in [2.05, 4.69) is 10.5 Å². The summed E-state index contributed by atoms with van der Waals surface area (Å²) in [6.45, 7) is 2.04. The van der Waals surface area contributed by atoms with Gasteiger partial charge in [-0.2, -0.15) is 5.10 Å². The van der Waals surface area contributed by atoms with Crippen molar-refractivity contribution in [2.45, 2.75) is 44.8 Å². The lowest BCUT2D eigenvalue weighted by atomic mass is 10.1. The number of ether oxygens (including phenoxy) is 3. The monoisotopic (exact) mass is 426 g/mol. The Hall–Kier alpha value is -3.07. The summed E-state index contributed by atoms with van der Waals surface area (Å²) in [7, 11) is 0. The van der Waals surface area contributed by atoms with E-state index in [0.29, 0.717) is 44.8 Å². The minimum Gasteiger partial charge on any atom is -0.494 e. The van der Waals surface area contributed by atoms with Gasteiger partial charge in [0.05, 0.1) is 24.4 Å². The third-order valence-electron chi connectivity index (χ3n) is 5.57. The van der Waals surface area contributed by atoms with Crippen molar-refractivity contribution in [3.05, 3.63) is 30.0 Å². The van der Waals surface area contributed by atoms with Gasteiger partial charge >= 0.3 is 6.09 Å². The maximum Gasteiger partial charge on any atom is 0.407 e. The molecule has 1 fully saturated rings. The second-order valence-corrected chi connectivity index (χ2v) is 7.84. The molecule has 1 amide bonds. The Balaban J connectivity index is 1.52. The number of nitrogens with zero attached hydrogens (tertiary/aromatic N) is 3. The summed E-state index contributed by atoms with van der Waals surface area (Å²) in [5.74, 6) is 1.35. The Labute approximate surface area is 179 Å². The van der Waals surface area contributed by atoms with Gasteiger partial charge in [0.15, 0.2) is 12.0 Å². The van der Waals surface area contributed by atoms with E-state index >= 15 is 0 Å². The van der Waals surface area contributed by atoms with Crippen LogP contribution in [0.4, 0.5) is 4.79 Å². The van der Waals surface area contributed by atoms with Crippen LogP contribution in [-0.4, -0.2) is 47.4 Å². The second kappa shape index (κ2) is 8.97. The lowest BCUT2D eigenvalue weighted by molar-refractivity contribution is -0.0365. The number of carbonyl (C=O) groups is 1. The fourth-order valence-corrected chi connectivity index (χ4v) is 3.99. The topological polar surface area (TPSA) is 101 Å². The molecule has 3 aromatic rings. The minimum absolute atomic E-state index is 0.0854. The molecule has 9 nitrogen and oxygen atoms in total. The maximum absolute atomic E-state index is 11.7. The van der Waals surface area contributed by atoms with Crippen LogP contribution < -0.4 is 10.1 Å². The Morgan fingerprint density at radius 1 is 1.03 bits per heavy atom. The molecule has 9 heteroatoms. The molecule has 2 aromatic heterocycles. The van der Waals surface area contributed by atoms with Crippen LogP contribution in [0.2, 0.25) is 0 Å². The van der Waals surface area contributed by atoms with Gasteiger partial charge in [-0.1, -0.05) is 5.16 Å². The van der Waals surface area contributed by atoms with E-state index in [4.69, 9.17) is 23.8 Å². The normalized spacial score (nSPS) is 20.6. The summed E-state index contributed by atoms with van der Waals surface area (Å²) in [5, 5.41) is 12.7. The van der Waals surface area contributed by atoms with Crippen molar-refractivity contribution in [3.8, 4) is 17.2 Å². The van der Waals surface area contributed by atoms with E-state index in [9.17, 15) is 4.79 Å². The first-order valence-electron chi connectivity index (χ1n) is 10.9. The molecule has 2 aliphatic rings. The number of hydrogen-bond acceptors (Lipinski definition) is 7. The fraction of sp³-hybridized carbons (Fsp3) is 0.500. The van der Waals surface area contributed by atoms with Crippen LogP contribution >= 0.6 is 0 Å². The van der Waals surface area contributed by atoms with Crippen LogP contribution in [0.1, 0.15) is 44.0 Å². The molecule has 0 aliphatic carbocycles.